The third-order valence-electron chi connectivity index (χ3n) is 2.33. The minimum atomic E-state index is -0.213. The number of hydrogen-bond acceptors (Lipinski definition) is 2. The molecule has 0 spiro atoms. The molecule has 0 saturated heterocycles. The first-order chi connectivity index (χ1) is 7.33. The molecule has 1 atom stereocenters. The molecule has 15 heavy (non-hydrogen) atoms. The molecule has 1 aromatic rings. The van der Waals surface area contributed by atoms with Crippen molar-refractivity contribution < 1.29 is 9.84 Å². The standard InChI is InChI=1S/C13H12O2/c1-2-10-6-5-7-11(13(10)14)12-8-3-4-9-15-12/h2-9,12,14H,1H2. The lowest BCUT2D eigenvalue weighted by atomic mass is 10.0. The number of para-hydroxylation sites is 1. The third kappa shape index (κ3) is 1.79. The van der Waals surface area contributed by atoms with Crippen LogP contribution in [0.1, 0.15) is 17.2 Å². The number of allylic oxidation sites excluding steroid dienone is 2. The van der Waals surface area contributed by atoms with Gasteiger partial charge in [-0.3, -0.25) is 0 Å². The van der Waals surface area contributed by atoms with Crippen LogP contribution in [0, 0.1) is 0 Å². The summed E-state index contributed by atoms with van der Waals surface area (Å²) < 4.78 is 5.38. The molecule has 1 aliphatic heterocycles. The molecule has 2 heteroatoms. The SMILES string of the molecule is C=Cc1cccc(C2C=CC=CO2)c1O. The van der Waals surface area contributed by atoms with Gasteiger partial charge in [0.1, 0.15) is 11.9 Å². The van der Waals surface area contributed by atoms with Crippen LogP contribution >= 0.6 is 0 Å². The number of benzene rings is 1. The van der Waals surface area contributed by atoms with Crippen molar-refractivity contribution in [1.29, 1.82) is 0 Å². The van der Waals surface area contributed by atoms with Crippen LogP contribution in [0.5, 0.6) is 5.75 Å². The molecule has 0 saturated carbocycles. The zero-order valence-corrected chi connectivity index (χ0v) is 8.26. The molecule has 1 aromatic carbocycles. The van der Waals surface area contributed by atoms with Gasteiger partial charge >= 0.3 is 0 Å². The van der Waals surface area contributed by atoms with Crippen molar-refractivity contribution in [1.82, 2.24) is 0 Å². The summed E-state index contributed by atoms with van der Waals surface area (Å²) in [5.41, 5.74) is 1.48. The van der Waals surface area contributed by atoms with Crippen LogP contribution in [-0.2, 0) is 4.74 Å². The molecule has 2 nitrogen and oxygen atoms in total. The Bertz CT molecular complexity index is 430. The van der Waals surface area contributed by atoms with Gasteiger partial charge in [0.2, 0.25) is 0 Å². The minimum absolute atomic E-state index is 0.213. The lowest BCUT2D eigenvalue weighted by Crippen LogP contribution is -2.00. The Morgan fingerprint density at radius 2 is 2.20 bits per heavy atom. The van der Waals surface area contributed by atoms with Gasteiger partial charge in [0.25, 0.3) is 0 Å². The van der Waals surface area contributed by atoms with Crippen LogP contribution in [0.25, 0.3) is 6.08 Å². The molecule has 0 amide bonds. The molecule has 0 radical (unpaired) electrons. The average Bonchev–Trinajstić information content (AvgIpc) is 2.30. The lowest BCUT2D eigenvalue weighted by molar-refractivity contribution is 0.183. The summed E-state index contributed by atoms with van der Waals surface area (Å²) in [7, 11) is 0. The van der Waals surface area contributed by atoms with E-state index in [1.54, 1.807) is 12.3 Å². The van der Waals surface area contributed by atoms with E-state index in [4.69, 9.17) is 4.74 Å². The number of ether oxygens (including phenoxy) is 1. The highest BCUT2D eigenvalue weighted by Crippen LogP contribution is 2.32. The second-order valence-electron chi connectivity index (χ2n) is 3.26. The number of phenols is 1. The molecular formula is C13H12O2. The van der Waals surface area contributed by atoms with Gasteiger partial charge in [-0.25, -0.2) is 0 Å². The van der Waals surface area contributed by atoms with E-state index in [2.05, 4.69) is 6.58 Å². The van der Waals surface area contributed by atoms with Crippen molar-refractivity contribution in [3.63, 3.8) is 0 Å². The van der Waals surface area contributed by atoms with E-state index in [0.29, 0.717) is 0 Å². The monoisotopic (exact) mass is 200 g/mol. The van der Waals surface area contributed by atoms with Crippen molar-refractivity contribution in [2.24, 2.45) is 0 Å². The van der Waals surface area contributed by atoms with Gasteiger partial charge in [-0.1, -0.05) is 36.9 Å². The fourth-order valence-electron chi connectivity index (χ4n) is 1.54. The summed E-state index contributed by atoms with van der Waals surface area (Å²) in [5, 5.41) is 9.93. The Kier molecular flexibility index (Phi) is 2.59. The van der Waals surface area contributed by atoms with Crippen molar-refractivity contribution in [3.8, 4) is 5.75 Å². The van der Waals surface area contributed by atoms with Crippen LogP contribution in [0.4, 0.5) is 0 Å². The Hall–Kier alpha value is -1.96. The van der Waals surface area contributed by atoms with Gasteiger partial charge in [-0.2, -0.15) is 0 Å². The van der Waals surface area contributed by atoms with Crippen molar-refractivity contribution in [3.05, 3.63) is 60.4 Å². The molecule has 0 aliphatic carbocycles. The molecule has 1 unspecified atom stereocenters. The van der Waals surface area contributed by atoms with E-state index < -0.39 is 0 Å². The molecular weight excluding hydrogens is 188 g/mol. The largest absolute Gasteiger partial charge is 0.507 e. The number of rotatable bonds is 2. The first kappa shape index (κ1) is 9.59. The van der Waals surface area contributed by atoms with Gasteiger partial charge < -0.3 is 9.84 Å². The van der Waals surface area contributed by atoms with Crippen molar-refractivity contribution in [2.45, 2.75) is 6.10 Å². The summed E-state index contributed by atoms with van der Waals surface area (Å²) in [6.07, 6.45) is 8.63. The number of aromatic hydroxyl groups is 1. The molecule has 0 aromatic heterocycles. The summed E-state index contributed by atoms with van der Waals surface area (Å²) in [6, 6.07) is 5.53. The van der Waals surface area contributed by atoms with E-state index in [0.717, 1.165) is 11.1 Å². The van der Waals surface area contributed by atoms with Crippen molar-refractivity contribution >= 4 is 6.08 Å². The maximum Gasteiger partial charge on any atom is 0.145 e. The maximum atomic E-state index is 9.93. The number of phenolic OH excluding ortho intramolecular Hbond substituents is 1. The van der Waals surface area contributed by atoms with E-state index in [1.165, 1.54) is 0 Å². The molecule has 0 bridgehead atoms. The van der Waals surface area contributed by atoms with Gasteiger partial charge in [-0.15, -0.1) is 0 Å². The molecule has 1 aliphatic rings. The van der Waals surface area contributed by atoms with Crippen molar-refractivity contribution in [2.75, 3.05) is 0 Å². The van der Waals surface area contributed by atoms with Gasteiger partial charge in [0.15, 0.2) is 0 Å². The van der Waals surface area contributed by atoms with Gasteiger partial charge in [-0.05, 0) is 12.2 Å². The predicted molar refractivity (Wildman–Crippen MR) is 60.3 cm³/mol. The molecule has 0 fully saturated rings. The van der Waals surface area contributed by atoms with E-state index in [1.807, 2.05) is 36.4 Å². The fraction of sp³-hybridized carbons (Fsp3) is 0.0769. The zero-order valence-electron chi connectivity index (χ0n) is 8.26. The first-order valence-corrected chi connectivity index (χ1v) is 4.76. The van der Waals surface area contributed by atoms with Crippen LogP contribution in [0.2, 0.25) is 0 Å². The van der Waals surface area contributed by atoms with Crippen LogP contribution < -0.4 is 0 Å². The molecule has 76 valence electrons. The molecule has 1 heterocycles. The highest BCUT2D eigenvalue weighted by atomic mass is 16.5. The zero-order chi connectivity index (χ0) is 10.7. The Morgan fingerprint density at radius 1 is 1.33 bits per heavy atom. The second kappa shape index (κ2) is 4.05. The second-order valence-corrected chi connectivity index (χ2v) is 3.26. The van der Waals surface area contributed by atoms with Crippen LogP contribution in [0.15, 0.2) is 49.3 Å². The van der Waals surface area contributed by atoms with E-state index in [9.17, 15) is 5.11 Å². The van der Waals surface area contributed by atoms with Crippen LogP contribution in [-0.4, -0.2) is 5.11 Å². The number of hydrogen-bond donors (Lipinski definition) is 1. The minimum Gasteiger partial charge on any atom is -0.507 e. The predicted octanol–water partition coefficient (Wildman–Crippen LogP) is 3.18. The Labute approximate surface area is 88.8 Å². The fourth-order valence-corrected chi connectivity index (χ4v) is 1.54. The summed E-state index contributed by atoms with van der Waals surface area (Å²) >= 11 is 0. The summed E-state index contributed by atoms with van der Waals surface area (Å²) in [4.78, 5) is 0. The molecule has 1 N–H and O–H groups in total. The van der Waals surface area contributed by atoms with E-state index >= 15 is 0 Å². The van der Waals surface area contributed by atoms with Gasteiger partial charge in [0.05, 0.1) is 6.26 Å². The quantitative estimate of drug-likeness (QED) is 0.794. The Balaban J connectivity index is 2.39. The Morgan fingerprint density at radius 3 is 2.87 bits per heavy atom. The highest BCUT2D eigenvalue weighted by molar-refractivity contribution is 5.58. The summed E-state index contributed by atoms with van der Waals surface area (Å²) in [6.45, 7) is 3.65. The molecule has 2 rings (SSSR count). The summed E-state index contributed by atoms with van der Waals surface area (Å²) in [5.74, 6) is 0.234. The smallest absolute Gasteiger partial charge is 0.145 e. The average molecular weight is 200 g/mol. The van der Waals surface area contributed by atoms with Crippen LogP contribution in [0.3, 0.4) is 0 Å². The topological polar surface area (TPSA) is 29.5 Å². The lowest BCUT2D eigenvalue weighted by Gasteiger charge is -2.17. The third-order valence-corrected chi connectivity index (χ3v) is 2.33. The van der Waals surface area contributed by atoms with Gasteiger partial charge in [0, 0.05) is 11.1 Å². The normalized spacial score (nSPS) is 18.5. The van der Waals surface area contributed by atoms with E-state index in [-0.39, 0.29) is 11.9 Å². The maximum absolute atomic E-state index is 9.93. The highest BCUT2D eigenvalue weighted by Gasteiger charge is 2.15. The first-order valence-electron chi connectivity index (χ1n) is 4.76.